The Balaban J connectivity index is 3.17. The molecule has 0 bridgehead atoms. The molecular formula is C6H12FNO2S. The third-order valence-corrected chi connectivity index (χ3v) is 2.08. The van der Waals surface area contributed by atoms with Crippen molar-refractivity contribution in [2.45, 2.75) is 12.5 Å². The summed E-state index contributed by atoms with van der Waals surface area (Å²) in [6.07, 6.45) is 0.403. The van der Waals surface area contributed by atoms with E-state index in [-0.39, 0.29) is 6.67 Å². The lowest BCUT2D eigenvalue weighted by Crippen LogP contribution is -2.30. The van der Waals surface area contributed by atoms with E-state index in [9.17, 15) is 9.18 Å². The summed E-state index contributed by atoms with van der Waals surface area (Å²) in [4.78, 5) is 10.2. The second-order valence-corrected chi connectivity index (χ2v) is 3.26. The molecule has 0 aliphatic rings. The van der Waals surface area contributed by atoms with E-state index in [4.69, 9.17) is 10.8 Å². The second-order valence-electron chi connectivity index (χ2n) is 2.03. The van der Waals surface area contributed by atoms with Crippen LogP contribution in [-0.4, -0.2) is 35.3 Å². The Bertz CT molecular complexity index is 123. The van der Waals surface area contributed by atoms with Crippen molar-refractivity contribution in [2.24, 2.45) is 5.73 Å². The van der Waals surface area contributed by atoms with Crippen molar-refractivity contribution in [3.63, 3.8) is 0 Å². The summed E-state index contributed by atoms with van der Waals surface area (Å²) in [7, 11) is 0. The predicted molar refractivity (Wildman–Crippen MR) is 43.5 cm³/mol. The van der Waals surface area contributed by atoms with Gasteiger partial charge in [0.05, 0.1) is 6.67 Å². The van der Waals surface area contributed by atoms with Crippen LogP contribution in [0.15, 0.2) is 0 Å². The zero-order valence-electron chi connectivity index (χ0n) is 6.12. The number of carboxylic acids is 1. The highest BCUT2D eigenvalue weighted by Crippen LogP contribution is 2.03. The topological polar surface area (TPSA) is 63.3 Å². The van der Waals surface area contributed by atoms with Gasteiger partial charge in [-0.05, 0) is 12.2 Å². The fraction of sp³-hybridized carbons (Fsp3) is 0.833. The minimum atomic E-state index is -0.995. The molecule has 0 aliphatic carbocycles. The molecule has 0 saturated carbocycles. The molecule has 0 amide bonds. The molecule has 11 heavy (non-hydrogen) atoms. The minimum absolute atomic E-state index is 0.368. The maximum absolute atomic E-state index is 11.5. The number of thioether (sulfide) groups is 1. The largest absolute Gasteiger partial charge is 0.480 e. The van der Waals surface area contributed by atoms with Gasteiger partial charge in [-0.25, -0.2) is 0 Å². The van der Waals surface area contributed by atoms with Crippen LogP contribution < -0.4 is 5.73 Å². The molecule has 0 unspecified atom stereocenters. The van der Waals surface area contributed by atoms with Crippen LogP contribution in [0.2, 0.25) is 0 Å². The average molecular weight is 181 g/mol. The first-order valence-electron chi connectivity index (χ1n) is 3.30. The summed E-state index contributed by atoms with van der Waals surface area (Å²) in [6, 6.07) is -0.804. The highest BCUT2D eigenvalue weighted by molar-refractivity contribution is 7.99. The molecular weight excluding hydrogens is 169 g/mol. The summed E-state index contributed by atoms with van der Waals surface area (Å²) in [5.74, 6) is 0.0369. The lowest BCUT2D eigenvalue weighted by Gasteiger charge is -2.03. The Morgan fingerprint density at radius 1 is 1.64 bits per heavy atom. The van der Waals surface area contributed by atoms with Crippen molar-refractivity contribution in [1.82, 2.24) is 0 Å². The minimum Gasteiger partial charge on any atom is -0.480 e. The number of halogens is 1. The summed E-state index contributed by atoms with van der Waals surface area (Å²) in [5, 5.41) is 8.33. The van der Waals surface area contributed by atoms with Gasteiger partial charge in [0.15, 0.2) is 0 Å². The number of hydrogen-bond acceptors (Lipinski definition) is 3. The molecule has 0 aromatic carbocycles. The number of carbonyl (C=O) groups is 1. The summed E-state index contributed by atoms with van der Waals surface area (Å²) < 4.78 is 11.5. The van der Waals surface area contributed by atoms with Crippen LogP contribution in [-0.2, 0) is 4.79 Å². The molecule has 3 N–H and O–H groups in total. The van der Waals surface area contributed by atoms with Gasteiger partial charge in [-0.3, -0.25) is 9.18 Å². The maximum Gasteiger partial charge on any atom is 0.320 e. The van der Waals surface area contributed by atoms with Crippen molar-refractivity contribution in [2.75, 3.05) is 18.2 Å². The van der Waals surface area contributed by atoms with E-state index in [1.807, 2.05) is 0 Å². The number of rotatable bonds is 6. The summed E-state index contributed by atoms with van der Waals surface area (Å²) in [6.45, 7) is -0.368. The number of hydrogen-bond donors (Lipinski definition) is 2. The quantitative estimate of drug-likeness (QED) is 0.585. The molecule has 0 aliphatic heterocycles. The van der Waals surface area contributed by atoms with Gasteiger partial charge in [-0.2, -0.15) is 11.8 Å². The van der Waals surface area contributed by atoms with E-state index >= 15 is 0 Å². The number of carboxylic acid groups (broad SMARTS) is 1. The lowest BCUT2D eigenvalue weighted by molar-refractivity contribution is -0.138. The molecule has 5 heteroatoms. The van der Waals surface area contributed by atoms with E-state index in [1.54, 1.807) is 0 Å². The molecule has 0 rings (SSSR count). The Morgan fingerprint density at radius 2 is 2.27 bits per heavy atom. The SMILES string of the molecule is N[C@@H](CCSCCF)C(=O)O. The monoisotopic (exact) mass is 181 g/mol. The number of aliphatic carboxylic acids is 1. The van der Waals surface area contributed by atoms with E-state index in [2.05, 4.69) is 0 Å². The second kappa shape index (κ2) is 6.42. The Kier molecular flexibility index (Phi) is 6.25. The summed E-state index contributed by atoms with van der Waals surface area (Å²) >= 11 is 1.38. The van der Waals surface area contributed by atoms with E-state index in [1.165, 1.54) is 11.8 Å². The standard InChI is InChI=1S/C6H12FNO2S/c7-2-4-11-3-1-5(8)6(9)10/h5H,1-4,8H2,(H,9,10)/t5-/m0/s1. The highest BCUT2D eigenvalue weighted by Gasteiger charge is 2.09. The molecule has 0 aromatic heterocycles. The Hall–Kier alpha value is -0.290. The Morgan fingerprint density at radius 3 is 2.73 bits per heavy atom. The van der Waals surface area contributed by atoms with Gasteiger partial charge in [0, 0.05) is 5.75 Å². The van der Waals surface area contributed by atoms with Crippen LogP contribution in [0.5, 0.6) is 0 Å². The smallest absolute Gasteiger partial charge is 0.320 e. The van der Waals surface area contributed by atoms with Crippen molar-refractivity contribution in [3.05, 3.63) is 0 Å². The van der Waals surface area contributed by atoms with Gasteiger partial charge in [-0.1, -0.05) is 0 Å². The van der Waals surface area contributed by atoms with Crippen LogP contribution in [0.25, 0.3) is 0 Å². The first kappa shape index (κ1) is 10.7. The lowest BCUT2D eigenvalue weighted by atomic mass is 10.2. The first-order chi connectivity index (χ1) is 5.18. The van der Waals surface area contributed by atoms with Gasteiger partial charge >= 0.3 is 5.97 Å². The fourth-order valence-electron chi connectivity index (χ4n) is 0.490. The predicted octanol–water partition coefficient (Wildman–Crippen LogP) is 0.491. The summed E-state index contributed by atoms with van der Waals surface area (Å²) in [5.41, 5.74) is 5.19. The van der Waals surface area contributed by atoms with Crippen LogP contribution >= 0.6 is 11.8 Å². The van der Waals surface area contributed by atoms with Gasteiger partial charge in [-0.15, -0.1) is 0 Å². The van der Waals surface area contributed by atoms with Crippen LogP contribution in [0.3, 0.4) is 0 Å². The average Bonchev–Trinajstić information content (AvgIpc) is 1.97. The van der Waals surface area contributed by atoms with Gasteiger partial charge in [0.25, 0.3) is 0 Å². The van der Waals surface area contributed by atoms with E-state index in [0.717, 1.165) is 0 Å². The molecule has 66 valence electrons. The first-order valence-corrected chi connectivity index (χ1v) is 4.46. The molecule has 0 saturated heterocycles. The van der Waals surface area contributed by atoms with Crippen LogP contribution in [0, 0.1) is 0 Å². The normalized spacial score (nSPS) is 12.9. The molecule has 0 heterocycles. The van der Waals surface area contributed by atoms with E-state index < -0.39 is 12.0 Å². The molecule has 1 atom stereocenters. The van der Waals surface area contributed by atoms with Gasteiger partial charge in [0.2, 0.25) is 0 Å². The van der Waals surface area contributed by atoms with Crippen molar-refractivity contribution in [3.8, 4) is 0 Å². The van der Waals surface area contributed by atoms with Crippen molar-refractivity contribution < 1.29 is 14.3 Å². The zero-order chi connectivity index (χ0) is 8.69. The van der Waals surface area contributed by atoms with Gasteiger partial charge in [0.1, 0.15) is 6.04 Å². The van der Waals surface area contributed by atoms with Crippen molar-refractivity contribution in [1.29, 1.82) is 0 Å². The van der Waals surface area contributed by atoms with Crippen molar-refractivity contribution >= 4 is 17.7 Å². The molecule has 3 nitrogen and oxygen atoms in total. The molecule has 0 radical (unpaired) electrons. The maximum atomic E-state index is 11.5. The van der Waals surface area contributed by atoms with Crippen LogP contribution in [0.1, 0.15) is 6.42 Å². The molecule has 0 aromatic rings. The van der Waals surface area contributed by atoms with E-state index in [0.29, 0.717) is 17.9 Å². The molecule has 0 fully saturated rings. The highest BCUT2D eigenvalue weighted by atomic mass is 32.2. The number of alkyl halides is 1. The number of nitrogens with two attached hydrogens (primary N) is 1. The zero-order valence-corrected chi connectivity index (χ0v) is 6.94. The fourth-order valence-corrected chi connectivity index (χ4v) is 1.22. The third kappa shape index (κ3) is 6.12. The molecule has 0 spiro atoms. The van der Waals surface area contributed by atoms with Gasteiger partial charge < -0.3 is 10.8 Å². The van der Waals surface area contributed by atoms with Crippen LogP contribution in [0.4, 0.5) is 4.39 Å². The Labute approximate surface area is 69.1 Å². The third-order valence-electron chi connectivity index (χ3n) is 1.11.